The van der Waals surface area contributed by atoms with E-state index in [4.69, 9.17) is 14.5 Å². The predicted molar refractivity (Wildman–Crippen MR) is 122 cm³/mol. The molecule has 0 amide bonds. The Morgan fingerprint density at radius 3 is 2.06 bits per heavy atom. The van der Waals surface area contributed by atoms with E-state index in [1.54, 1.807) is 35.6 Å². The third-order valence-corrected chi connectivity index (χ3v) is 6.06. The molecule has 0 N–H and O–H groups in total. The lowest BCUT2D eigenvalue weighted by Crippen LogP contribution is -2.28. The van der Waals surface area contributed by atoms with Gasteiger partial charge in [0.1, 0.15) is 41.7 Å². The van der Waals surface area contributed by atoms with Gasteiger partial charge in [0.15, 0.2) is 0 Å². The summed E-state index contributed by atoms with van der Waals surface area (Å²) in [7, 11) is 0. The van der Waals surface area contributed by atoms with Gasteiger partial charge in [-0.3, -0.25) is 9.97 Å². The molecule has 168 valence electrons. The van der Waals surface area contributed by atoms with Crippen LogP contribution in [0.4, 0.5) is 11.6 Å². The van der Waals surface area contributed by atoms with Crippen molar-refractivity contribution in [1.82, 2.24) is 29.5 Å². The molecule has 0 saturated carbocycles. The van der Waals surface area contributed by atoms with Gasteiger partial charge >= 0.3 is 0 Å². The molecule has 2 fully saturated rings. The minimum absolute atomic E-state index is 0.104. The van der Waals surface area contributed by atoms with E-state index >= 15 is 0 Å². The molecular weight excluding hydrogens is 420 g/mol. The summed E-state index contributed by atoms with van der Waals surface area (Å²) in [6.07, 6.45) is 10.6. The molecule has 2 aliphatic rings. The third-order valence-electron chi connectivity index (χ3n) is 6.06. The van der Waals surface area contributed by atoms with Crippen molar-refractivity contribution in [2.45, 2.75) is 25.0 Å². The molecule has 6 rings (SSSR count). The monoisotopic (exact) mass is 444 g/mol. The highest BCUT2D eigenvalue weighted by Gasteiger charge is 2.30. The summed E-state index contributed by atoms with van der Waals surface area (Å²) in [5.74, 6) is 4.15. The van der Waals surface area contributed by atoms with Crippen LogP contribution in [0.3, 0.4) is 0 Å². The standard InChI is InChI=1S/C23H24N8O2/c1-7-24-8-2-17(1)32-19-5-11-29(14-19)21-13-22(31-23(28-21)26-16-27-31)30-12-6-20(15-30)33-18-3-9-25-10-4-18/h1-4,7-10,13,16,19-20H,5-6,11-12,14-15H2/t19-,20-/m1/s1. The van der Waals surface area contributed by atoms with E-state index in [1.165, 1.54) is 0 Å². The quantitative estimate of drug-likeness (QED) is 0.444. The number of pyridine rings is 2. The molecule has 0 aromatic carbocycles. The highest BCUT2D eigenvalue weighted by atomic mass is 16.5. The average Bonchev–Trinajstić information content (AvgIpc) is 3.61. The third kappa shape index (κ3) is 4.11. The first-order chi connectivity index (χ1) is 16.3. The zero-order chi connectivity index (χ0) is 22.0. The number of nitrogens with zero attached hydrogens (tertiary/aromatic N) is 8. The molecule has 0 unspecified atom stereocenters. The van der Waals surface area contributed by atoms with Crippen LogP contribution in [-0.4, -0.2) is 67.9 Å². The fourth-order valence-electron chi connectivity index (χ4n) is 4.46. The Labute approximate surface area is 190 Å². The summed E-state index contributed by atoms with van der Waals surface area (Å²) >= 11 is 0. The van der Waals surface area contributed by atoms with Crippen LogP contribution in [0.1, 0.15) is 12.8 Å². The van der Waals surface area contributed by atoms with Crippen molar-refractivity contribution in [2.75, 3.05) is 36.0 Å². The fourth-order valence-corrected chi connectivity index (χ4v) is 4.46. The van der Waals surface area contributed by atoms with Crippen LogP contribution in [0, 0.1) is 0 Å². The van der Waals surface area contributed by atoms with Crippen LogP contribution in [0.25, 0.3) is 5.78 Å². The second-order valence-electron chi connectivity index (χ2n) is 8.26. The smallest absolute Gasteiger partial charge is 0.256 e. The molecule has 0 bridgehead atoms. The first-order valence-electron chi connectivity index (χ1n) is 11.2. The molecule has 2 atom stereocenters. The van der Waals surface area contributed by atoms with E-state index in [0.717, 1.165) is 62.2 Å². The molecule has 33 heavy (non-hydrogen) atoms. The van der Waals surface area contributed by atoms with Crippen molar-refractivity contribution in [2.24, 2.45) is 0 Å². The van der Waals surface area contributed by atoms with Crippen molar-refractivity contribution in [3.8, 4) is 11.5 Å². The molecule has 0 spiro atoms. The van der Waals surface area contributed by atoms with Crippen LogP contribution in [0.2, 0.25) is 0 Å². The molecular formula is C23H24N8O2. The van der Waals surface area contributed by atoms with Crippen LogP contribution in [0.15, 0.2) is 61.4 Å². The average molecular weight is 444 g/mol. The fraction of sp³-hybridized carbons (Fsp3) is 0.348. The topological polar surface area (TPSA) is 93.8 Å². The van der Waals surface area contributed by atoms with Crippen molar-refractivity contribution in [3.63, 3.8) is 0 Å². The van der Waals surface area contributed by atoms with Crippen LogP contribution in [0.5, 0.6) is 11.5 Å². The SMILES string of the molecule is c1cc(O[C@@H]2CCN(c3cc(N4CC[C@@H](Oc5ccncc5)C4)n4ncnc4n3)C2)ccn1. The molecule has 10 heteroatoms. The van der Waals surface area contributed by atoms with Crippen molar-refractivity contribution in [3.05, 3.63) is 61.4 Å². The highest BCUT2D eigenvalue weighted by Crippen LogP contribution is 2.29. The summed E-state index contributed by atoms with van der Waals surface area (Å²) in [4.78, 5) is 21.8. The summed E-state index contributed by atoms with van der Waals surface area (Å²) in [5.41, 5.74) is 0. The number of rotatable bonds is 6. The summed E-state index contributed by atoms with van der Waals surface area (Å²) in [5, 5.41) is 4.41. The largest absolute Gasteiger partial charge is 0.488 e. The van der Waals surface area contributed by atoms with E-state index in [-0.39, 0.29) is 12.2 Å². The van der Waals surface area contributed by atoms with E-state index in [1.807, 2.05) is 24.3 Å². The summed E-state index contributed by atoms with van der Waals surface area (Å²) in [6, 6.07) is 9.66. The van der Waals surface area contributed by atoms with E-state index in [2.05, 4.69) is 35.9 Å². The lowest BCUT2D eigenvalue weighted by Gasteiger charge is -2.23. The maximum atomic E-state index is 6.15. The number of hydrogen-bond acceptors (Lipinski definition) is 9. The number of ether oxygens (including phenoxy) is 2. The first kappa shape index (κ1) is 19.7. The number of aromatic nitrogens is 6. The van der Waals surface area contributed by atoms with E-state index in [0.29, 0.717) is 5.78 Å². The van der Waals surface area contributed by atoms with E-state index < -0.39 is 0 Å². The minimum atomic E-state index is 0.104. The van der Waals surface area contributed by atoms with Gasteiger partial charge in [-0.25, -0.2) is 0 Å². The molecule has 6 heterocycles. The Hall–Kier alpha value is -3.95. The number of anilines is 2. The van der Waals surface area contributed by atoms with Crippen molar-refractivity contribution in [1.29, 1.82) is 0 Å². The van der Waals surface area contributed by atoms with Crippen molar-refractivity contribution < 1.29 is 9.47 Å². The Morgan fingerprint density at radius 1 is 0.788 bits per heavy atom. The van der Waals surface area contributed by atoms with Crippen molar-refractivity contribution >= 4 is 17.4 Å². The Balaban J connectivity index is 1.19. The van der Waals surface area contributed by atoms with Gasteiger partial charge < -0.3 is 19.3 Å². The minimum Gasteiger partial charge on any atom is -0.488 e. The number of hydrogen-bond donors (Lipinski definition) is 0. The Morgan fingerprint density at radius 2 is 1.39 bits per heavy atom. The Kier molecular flexibility index (Phi) is 5.10. The summed E-state index contributed by atoms with van der Waals surface area (Å²) in [6.45, 7) is 3.30. The number of fused-ring (bicyclic) bond motifs is 1. The maximum absolute atomic E-state index is 6.15. The second kappa shape index (κ2) is 8.53. The highest BCUT2D eigenvalue weighted by molar-refractivity contribution is 5.57. The first-order valence-corrected chi connectivity index (χ1v) is 11.2. The van der Waals surface area contributed by atoms with Gasteiger partial charge in [-0.05, 0) is 24.3 Å². The normalized spacial score (nSPS) is 20.5. The van der Waals surface area contributed by atoms with E-state index in [9.17, 15) is 0 Å². The maximum Gasteiger partial charge on any atom is 0.256 e. The zero-order valence-corrected chi connectivity index (χ0v) is 18.1. The van der Waals surface area contributed by atoms with Gasteiger partial charge in [-0.2, -0.15) is 19.6 Å². The van der Waals surface area contributed by atoms with Gasteiger partial charge in [0, 0.05) is 56.8 Å². The molecule has 2 saturated heterocycles. The van der Waals surface area contributed by atoms with Gasteiger partial charge in [0.25, 0.3) is 5.78 Å². The molecule has 0 radical (unpaired) electrons. The molecule has 10 nitrogen and oxygen atoms in total. The molecule has 0 aliphatic carbocycles. The van der Waals surface area contributed by atoms with Gasteiger partial charge in [-0.1, -0.05) is 0 Å². The lowest BCUT2D eigenvalue weighted by molar-refractivity contribution is 0.224. The van der Waals surface area contributed by atoms with Gasteiger partial charge in [-0.15, -0.1) is 0 Å². The van der Waals surface area contributed by atoms with Gasteiger partial charge in [0.2, 0.25) is 0 Å². The molecule has 4 aromatic rings. The molecule has 2 aliphatic heterocycles. The Bertz CT molecular complexity index is 1220. The van der Waals surface area contributed by atoms with Gasteiger partial charge in [0.05, 0.1) is 13.1 Å². The van der Waals surface area contributed by atoms with Crippen LogP contribution >= 0.6 is 0 Å². The van der Waals surface area contributed by atoms with Crippen LogP contribution < -0.4 is 19.3 Å². The molecule has 4 aromatic heterocycles. The lowest BCUT2D eigenvalue weighted by atomic mass is 10.3. The summed E-state index contributed by atoms with van der Waals surface area (Å²) < 4.78 is 14.1. The van der Waals surface area contributed by atoms with Crippen LogP contribution in [-0.2, 0) is 0 Å². The zero-order valence-electron chi connectivity index (χ0n) is 18.1. The second-order valence-corrected chi connectivity index (χ2v) is 8.26. The predicted octanol–water partition coefficient (Wildman–Crippen LogP) is 2.23.